The molecular formula is C15H14ClNO3S. The number of rotatable bonds is 3. The van der Waals surface area contributed by atoms with E-state index >= 15 is 0 Å². The van der Waals surface area contributed by atoms with E-state index in [4.69, 9.17) is 16.3 Å². The molecule has 0 saturated carbocycles. The second-order valence-corrected chi connectivity index (χ2v) is 5.82. The molecule has 1 N–H and O–H groups in total. The molecule has 0 aliphatic rings. The third-order valence-electron chi connectivity index (χ3n) is 3.02. The van der Waals surface area contributed by atoms with Crippen molar-refractivity contribution in [3.05, 3.63) is 50.2 Å². The number of halogens is 1. The van der Waals surface area contributed by atoms with Crippen molar-refractivity contribution in [3.8, 4) is 0 Å². The lowest BCUT2D eigenvalue weighted by molar-refractivity contribution is 0.0607. The van der Waals surface area contributed by atoms with Crippen LogP contribution < -0.4 is 5.32 Å². The van der Waals surface area contributed by atoms with Gasteiger partial charge in [0.1, 0.15) is 4.88 Å². The highest BCUT2D eigenvalue weighted by molar-refractivity contribution is 7.12. The minimum atomic E-state index is -0.467. The van der Waals surface area contributed by atoms with Crippen LogP contribution in [0.25, 0.3) is 0 Å². The lowest BCUT2D eigenvalue weighted by Crippen LogP contribution is -2.14. The van der Waals surface area contributed by atoms with Gasteiger partial charge in [0.2, 0.25) is 0 Å². The number of ether oxygens (including phenoxy) is 1. The first-order valence-electron chi connectivity index (χ1n) is 6.18. The van der Waals surface area contributed by atoms with Crippen LogP contribution in [0.4, 0.5) is 5.69 Å². The van der Waals surface area contributed by atoms with Crippen molar-refractivity contribution >= 4 is 40.5 Å². The van der Waals surface area contributed by atoms with E-state index in [1.807, 2.05) is 13.8 Å². The summed E-state index contributed by atoms with van der Waals surface area (Å²) in [7, 11) is 1.31. The number of carbonyl (C=O) groups is 2. The summed E-state index contributed by atoms with van der Waals surface area (Å²) in [4.78, 5) is 24.3. The summed E-state index contributed by atoms with van der Waals surface area (Å²) < 4.78 is 4.71. The van der Waals surface area contributed by atoms with Gasteiger partial charge in [-0.05, 0) is 42.5 Å². The van der Waals surface area contributed by atoms with Crippen molar-refractivity contribution in [1.29, 1.82) is 0 Å². The summed E-state index contributed by atoms with van der Waals surface area (Å²) in [6.07, 6.45) is 0. The molecule has 4 nitrogen and oxygen atoms in total. The van der Waals surface area contributed by atoms with Crippen LogP contribution in [0.5, 0.6) is 0 Å². The summed E-state index contributed by atoms with van der Waals surface area (Å²) in [5.41, 5.74) is 2.63. The van der Waals surface area contributed by atoms with E-state index in [-0.39, 0.29) is 5.91 Å². The molecule has 1 heterocycles. The molecule has 0 saturated heterocycles. The first kappa shape index (κ1) is 15.5. The average molecular weight is 324 g/mol. The lowest BCUT2D eigenvalue weighted by atomic mass is 10.1. The highest BCUT2D eigenvalue weighted by atomic mass is 35.5. The smallest absolute Gasteiger partial charge is 0.350 e. The van der Waals surface area contributed by atoms with E-state index in [2.05, 4.69) is 5.32 Å². The molecule has 0 bridgehead atoms. The van der Waals surface area contributed by atoms with Gasteiger partial charge in [0, 0.05) is 10.6 Å². The number of amides is 1. The van der Waals surface area contributed by atoms with E-state index in [0.717, 1.165) is 11.1 Å². The molecular weight excluding hydrogens is 310 g/mol. The highest BCUT2D eigenvalue weighted by Crippen LogP contribution is 2.29. The van der Waals surface area contributed by atoms with E-state index in [1.165, 1.54) is 18.4 Å². The molecule has 1 amide bonds. The molecule has 0 aliphatic heterocycles. The second kappa shape index (κ2) is 6.28. The van der Waals surface area contributed by atoms with Gasteiger partial charge in [-0.3, -0.25) is 4.79 Å². The maximum Gasteiger partial charge on any atom is 0.350 e. The molecule has 2 rings (SSSR count). The van der Waals surface area contributed by atoms with Crippen molar-refractivity contribution in [2.75, 3.05) is 12.4 Å². The highest BCUT2D eigenvalue weighted by Gasteiger charge is 2.19. The van der Waals surface area contributed by atoms with E-state index < -0.39 is 5.97 Å². The predicted molar refractivity (Wildman–Crippen MR) is 84.5 cm³/mol. The van der Waals surface area contributed by atoms with Gasteiger partial charge in [0.25, 0.3) is 5.91 Å². The number of esters is 1. The molecule has 0 fully saturated rings. The number of thiophene rings is 1. The Hall–Kier alpha value is -1.85. The van der Waals surface area contributed by atoms with Crippen LogP contribution in [0, 0.1) is 13.8 Å². The Labute approximate surface area is 131 Å². The first-order valence-corrected chi connectivity index (χ1v) is 7.43. The van der Waals surface area contributed by atoms with Crippen molar-refractivity contribution in [3.63, 3.8) is 0 Å². The zero-order valence-electron chi connectivity index (χ0n) is 11.8. The average Bonchev–Trinajstić information content (AvgIpc) is 2.82. The molecule has 0 unspecified atom stereocenters. The van der Waals surface area contributed by atoms with E-state index in [1.54, 1.807) is 23.6 Å². The SMILES string of the molecule is COC(=O)c1scc(C)c1NC(=O)c1ccc(C)c(Cl)c1. The van der Waals surface area contributed by atoms with Crippen LogP contribution in [0.2, 0.25) is 5.02 Å². The van der Waals surface area contributed by atoms with Crippen molar-refractivity contribution in [2.24, 2.45) is 0 Å². The van der Waals surface area contributed by atoms with Gasteiger partial charge in [-0.1, -0.05) is 17.7 Å². The van der Waals surface area contributed by atoms with Crippen molar-refractivity contribution in [1.82, 2.24) is 0 Å². The second-order valence-electron chi connectivity index (χ2n) is 4.53. The Balaban J connectivity index is 2.29. The zero-order valence-corrected chi connectivity index (χ0v) is 13.4. The fraction of sp³-hybridized carbons (Fsp3) is 0.200. The summed E-state index contributed by atoms with van der Waals surface area (Å²) >= 11 is 7.26. The first-order chi connectivity index (χ1) is 9.93. The summed E-state index contributed by atoms with van der Waals surface area (Å²) in [6, 6.07) is 5.07. The standard InChI is InChI=1S/C15H14ClNO3S/c1-8-4-5-10(6-11(8)16)14(18)17-12-9(2)7-21-13(12)15(19)20-3/h4-7H,1-3H3,(H,17,18). The topological polar surface area (TPSA) is 55.4 Å². The van der Waals surface area contributed by atoms with Crippen molar-refractivity contribution < 1.29 is 14.3 Å². The molecule has 1 aromatic carbocycles. The number of aryl methyl sites for hydroxylation is 2. The van der Waals surface area contributed by atoms with Crippen molar-refractivity contribution in [2.45, 2.75) is 13.8 Å². The van der Waals surface area contributed by atoms with Gasteiger partial charge >= 0.3 is 5.97 Å². The van der Waals surface area contributed by atoms with Gasteiger partial charge in [0.05, 0.1) is 12.8 Å². The molecule has 110 valence electrons. The van der Waals surface area contributed by atoms with Gasteiger partial charge in [0.15, 0.2) is 0 Å². The number of anilines is 1. The third-order valence-corrected chi connectivity index (χ3v) is 4.50. The number of benzene rings is 1. The molecule has 6 heteroatoms. The normalized spacial score (nSPS) is 10.3. The van der Waals surface area contributed by atoms with Gasteiger partial charge in [-0.2, -0.15) is 0 Å². The van der Waals surface area contributed by atoms with E-state index in [0.29, 0.717) is 21.2 Å². The number of hydrogen-bond acceptors (Lipinski definition) is 4. The number of nitrogens with one attached hydrogen (secondary N) is 1. The van der Waals surface area contributed by atoms with Gasteiger partial charge in [-0.25, -0.2) is 4.79 Å². The molecule has 0 spiro atoms. The summed E-state index contributed by atoms with van der Waals surface area (Å²) in [5.74, 6) is -0.783. The van der Waals surface area contributed by atoms with Gasteiger partial charge < -0.3 is 10.1 Å². The summed E-state index contributed by atoms with van der Waals surface area (Å²) in [6.45, 7) is 3.68. The number of hydrogen-bond donors (Lipinski definition) is 1. The quantitative estimate of drug-likeness (QED) is 0.867. The maximum absolute atomic E-state index is 12.3. The molecule has 2 aromatic rings. The lowest BCUT2D eigenvalue weighted by Gasteiger charge is -2.08. The minimum Gasteiger partial charge on any atom is -0.465 e. The fourth-order valence-corrected chi connectivity index (χ4v) is 2.86. The van der Waals surface area contributed by atoms with Crippen LogP contribution in [-0.2, 0) is 4.74 Å². The largest absolute Gasteiger partial charge is 0.465 e. The fourth-order valence-electron chi connectivity index (χ4n) is 1.76. The van der Waals surface area contributed by atoms with E-state index in [9.17, 15) is 9.59 Å². The van der Waals surface area contributed by atoms with Crippen LogP contribution in [0.1, 0.15) is 31.2 Å². The Kier molecular flexibility index (Phi) is 4.65. The van der Waals surface area contributed by atoms with Crippen LogP contribution >= 0.6 is 22.9 Å². The Morgan fingerprint density at radius 1 is 1.24 bits per heavy atom. The number of methoxy groups -OCH3 is 1. The molecule has 0 aliphatic carbocycles. The van der Waals surface area contributed by atoms with Crippen LogP contribution in [0.3, 0.4) is 0 Å². The molecule has 0 atom stereocenters. The number of carbonyl (C=O) groups excluding carboxylic acids is 2. The molecule has 21 heavy (non-hydrogen) atoms. The predicted octanol–water partition coefficient (Wildman–Crippen LogP) is 4.06. The Morgan fingerprint density at radius 2 is 1.95 bits per heavy atom. The minimum absolute atomic E-state index is 0.316. The monoisotopic (exact) mass is 323 g/mol. The maximum atomic E-state index is 12.3. The molecule has 1 aromatic heterocycles. The Morgan fingerprint density at radius 3 is 2.57 bits per heavy atom. The summed E-state index contributed by atoms with van der Waals surface area (Å²) in [5, 5.41) is 5.07. The van der Waals surface area contributed by atoms with Crippen LogP contribution in [-0.4, -0.2) is 19.0 Å². The third kappa shape index (κ3) is 3.25. The van der Waals surface area contributed by atoms with Gasteiger partial charge in [-0.15, -0.1) is 11.3 Å². The molecule has 0 radical (unpaired) electrons. The Bertz CT molecular complexity index is 709. The zero-order chi connectivity index (χ0) is 15.6. The van der Waals surface area contributed by atoms with Crippen LogP contribution in [0.15, 0.2) is 23.6 Å².